The lowest BCUT2D eigenvalue weighted by molar-refractivity contribution is -0.495. The van der Waals surface area contributed by atoms with Gasteiger partial charge in [0.05, 0.1) is 0 Å². The molecule has 76 valence electrons. The summed E-state index contributed by atoms with van der Waals surface area (Å²) in [5, 5.41) is 11.0. The monoisotopic (exact) mass is 193 g/mol. The lowest BCUT2D eigenvalue weighted by Crippen LogP contribution is -2.76. The molecular weight excluding hydrogens is 178 g/mol. The van der Waals surface area contributed by atoms with Crippen LogP contribution < -0.4 is 10.8 Å². The van der Waals surface area contributed by atoms with Crippen molar-refractivity contribution >= 4 is 5.97 Å². The number of hydrogen-bond donors (Lipinski definition) is 1. The molecule has 14 heavy (non-hydrogen) atoms. The summed E-state index contributed by atoms with van der Waals surface area (Å²) in [6, 6.07) is 7.35. The van der Waals surface area contributed by atoms with Crippen LogP contribution in [0.25, 0.3) is 0 Å². The van der Waals surface area contributed by atoms with Gasteiger partial charge in [-0.05, 0) is 6.92 Å². The van der Waals surface area contributed by atoms with Gasteiger partial charge in [0.2, 0.25) is 0 Å². The highest BCUT2D eigenvalue weighted by atomic mass is 16.4. The maximum Gasteiger partial charge on any atom is 0.160 e. The minimum atomic E-state index is -1.12. The average Bonchev–Trinajstić information content (AvgIpc) is 2.17. The van der Waals surface area contributed by atoms with Gasteiger partial charge in [0.15, 0.2) is 5.54 Å². The first kappa shape index (κ1) is 10.7. The lowest BCUT2D eigenvalue weighted by atomic mass is 9.88. The number of carboxylic acids is 1. The second-order valence-corrected chi connectivity index (χ2v) is 3.59. The Kier molecular flexibility index (Phi) is 2.91. The number of carboxylic acid groups (broad SMARTS) is 1. The van der Waals surface area contributed by atoms with Crippen molar-refractivity contribution in [2.45, 2.75) is 25.8 Å². The van der Waals surface area contributed by atoms with Gasteiger partial charge >= 0.3 is 0 Å². The molecule has 0 heterocycles. The summed E-state index contributed by atoms with van der Waals surface area (Å²) < 4.78 is 0. The zero-order valence-electron chi connectivity index (χ0n) is 8.54. The van der Waals surface area contributed by atoms with Crippen molar-refractivity contribution in [3.05, 3.63) is 35.4 Å². The largest absolute Gasteiger partial charge is 0.543 e. The molecule has 0 saturated carbocycles. The number of benzene rings is 1. The Morgan fingerprint density at radius 2 is 1.93 bits per heavy atom. The minimum Gasteiger partial charge on any atom is -0.543 e. The summed E-state index contributed by atoms with van der Waals surface area (Å²) in [5.74, 6) is -1.12. The van der Waals surface area contributed by atoms with Crippen LogP contribution in [-0.2, 0) is 10.3 Å². The highest BCUT2D eigenvalue weighted by Crippen LogP contribution is 2.19. The van der Waals surface area contributed by atoms with E-state index in [-0.39, 0.29) is 0 Å². The van der Waals surface area contributed by atoms with Crippen molar-refractivity contribution in [1.82, 2.24) is 0 Å². The molecule has 0 aromatic heterocycles. The van der Waals surface area contributed by atoms with Crippen molar-refractivity contribution < 1.29 is 15.6 Å². The highest BCUT2D eigenvalue weighted by molar-refractivity contribution is 5.76. The van der Waals surface area contributed by atoms with Crippen LogP contribution in [0, 0.1) is 6.92 Å². The molecule has 0 aliphatic rings. The molecule has 0 bridgehead atoms. The number of quaternary nitrogens is 1. The summed E-state index contributed by atoms with van der Waals surface area (Å²) >= 11 is 0. The minimum absolute atomic E-state index is 0.429. The Bertz CT molecular complexity index is 332. The molecule has 0 spiro atoms. The molecule has 0 radical (unpaired) electrons. The summed E-state index contributed by atoms with van der Waals surface area (Å²) in [6.07, 6.45) is 0.429. The molecule has 0 amide bonds. The Labute approximate surface area is 83.6 Å². The van der Waals surface area contributed by atoms with Gasteiger partial charge < -0.3 is 15.6 Å². The predicted octanol–water partition coefficient (Wildman–Crippen LogP) is -0.408. The molecule has 0 unspecified atom stereocenters. The Hall–Kier alpha value is -1.35. The third-order valence-electron chi connectivity index (χ3n) is 2.60. The number of aryl methyl sites for hydroxylation is 1. The molecule has 0 aliphatic heterocycles. The molecule has 0 saturated heterocycles. The normalized spacial score (nSPS) is 14.8. The number of aliphatic carboxylic acids is 1. The molecule has 3 N–H and O–H groups in total. The third-order valence-corrected chi connectivity index (χ3v) is 2.60. The van der Waals surface area contributed by atoms with Crippen molar-refractivity contribution in [3.8, 4) is 0 Å². The number of carbonyl (C=O) groups excluding carboxylic acids is 1. The van der Waals surface area contributed by atoms with Crippen LogP contribution in [0.5, 0.6) is 0 Å². The second kappa shape index (κ2) is 3.80. The van der Waals surface area contributed by atoms with Crippen LogP contribution in [0.3, 0.4) is 0 Å². The predicted molar refractivity (Wildman–Crippen MR) is 51.0 cm³/mol. The molecule has 0 fully saturated rings. The first-order chi connectivity index (χ1) is 6.50. The van der Waals surface area contributed by atoms with Crippen LogP contribution in [0.1, 0.15) is 24.5 Å². The maximum atomic E-state index is 11.0. The van der Waals surface area contributed by atoms with E-state index in [4.69, 9.17) is 0 Å². The molecule has 1 rings (SSSR count). The molecule has 0 aliphatic carbocycles. The zero-order chi connectivity index (χ0) is 10.8. The lowest BCUT2D eigenvalue weighted by Gasteiger charge is -2.25. The molecule has 1 atom stereocenters. The third kappa shape index (κ3) is 1.77. The van der Waals surface area contributed by atoms with Crippen molar-refractivity contribution in [1.29, 1.82) is 0 Å². The Morgan fingerprint density at radius 1 is 1.43 bits per heavy atom. The zero-order valence-corrected chi connectivity index (χ0v) is 8.54. The highest BCUT2D eigenvalue weighted by Gasteiger charge is 2.31. The van der Waals surface area contributed by atoms with Gasteiger partial charge in [-0.2, -0.15) is 0 Å². The van der Waals surface area contributed by atoms with E-state index in [0.717, 1.165) is 5.56 Å². The quantitative estimate of drug-likeness (QED) is 0.709. The average molecular weight is 193 g/mol. The van der Waals surface area contributed by atoms with Crippen molar-refractivity contribution in [2.24, 2.45) is 0 Å². The Balaban J connectivity index is 3.13. The van der Waals surface area contributed by atoms with Gasteiger partial charge in [-0.15, -0.1) is 0 Å². The van der Waals surface area contributed by atoms with E-state index in [2.05, 4.69) is 5.73 Å². The van der Waals surface area contributed by atoms with E-state index < -0.39 is 11.5 Å². The van der Waals surface area contributed by atoms with Gasteiger partial charge in [-0.25, -0.2) is 0 Å². The fraction of sp³-hybridized carbons (Fsp3) is 0.364. The molecule has 1 aromatic rings. The molecular formula is C11H15NO2. The SMILES string of the molecule is CC[C@]([NH3+])(C(=O)[O-])c1ccc(C)cc1. The van der Waals surface area contributed by atoms with E-state index in [1.165, 1.54) is 0 Å². The summed E-state index contributed by atoms with van der Waals surface area (Å²) in [4.78, 5) is 11.0. The standard InChI is InChI=1S/C11H15NO2/c1-3-11(12,10(13)14)9-6-4-8(2)5-7-9/h4-7H,3,12H2,1-2H3,(H,13,14)/t11-/m1/s1. The van der Waals surface area contributed by atoms with E-state index in [0.29, 0.717) is 12.0 Å². The second-order valence-electron chi connectivity index (χ2n) is 3.59. The van der Waals surface area contributed by atoms with Crippen LogP contribution >= 0.6 is 0 Å². The van der Waals surface area contributed by atoms with Gasteiger partial charge in [0, 0.05) is 12.0 Å². The topological polar surface area (TPSA) is 67.8 Å². The van der Waals surface area contributed by atoms with E-state index in [1.807, 2.05) is 19.1 Å². The number of hydrogen-bond acceptors (Lipinski definition) is 2. The number of carbonyl (C=O) groups is 1. The maximum absolute atomic E-state index is 11.0. The summed E-state index contributed by atoms with van der Waals surface area (Å²) in [5.41, 5.74) is 4.41. The Morgan fingerprint density at radius 3 is 2.29 bits per heavy atom. The van der Waals surface area contributed by atoms with Crippen LogP contribution in [0.4, 0.5) is 0 Å². The van der Waals surface area contributed by atoms with Crippen molar-refractivity contribution in [2.75, 3.05) is 0 Å². The van der Waals surface area contributed by atoms with Crippen LogP contribution in [0.15, 0.2) is 24.3 Å². The molecule has 3 nitrogen and oxygen atoms in total. The first-order valence-corrected chi connectivity index (χ1v) is 4.64. The molecule has 1 aromatic carbocycles. The van der Waals surface area contributed by atoms with Gasteiger partial charge in [-0.3, -0.25) is 0 Å². The summed E-state index contributed by atoms with van der Waals surface area (Å²) in [7, 11) is 0. The molecule has 3 heteroatoms. The van der Waals surface area contributed by atoms with Gasteiger partial charge in [0.25, 0.3) is 0 Å². The summed E-state index contributed by atoms with van der Waals surface area (Å²) in [6.45, 7) is 3.75. The van der Waals surface area contributed by atoms with E-state index in [1.54, 1.807) is 19.1 Å². The van der Waals surface area contributed by atoms with E-state index >= 15 is 0 Å². The fourth-order valence-electron chi connectivity index (χ4n) is 1.34. The smallest absolute Gasteiger partial charge is 0.160 e. The van der Waals surface area contributed by atoms with E-state index in [9.17, 15) is 9.90 Å². The van der Waals surface area contributed by atoms with Crippen molar-refractivity contribution in [3.63, 3.8) is 0 Å². The van der Waals surface area contributed by atoms with Crippen LogP contribution in [0.2, 0.25) is 0 Å². The van der Waals surface area contributed by atoms with Gasteiger partial charge in [0.1, 0.15) is 5.97 Å². The number of rotatable bonds is 3. The fourth-order valence-corrected chi connectivity index (χ4v) is 1.34. The first-order valence-electron chi connectivity index (χ1n) is 4.64. The van der Waals surface area contributed by atoms with Crippen LogP contribution in [-0.4, -0.2) is 5.97 Å². The van der Waals surface area contributed by atoms with Gasteiger partial charge in [-0.1, -0.05) is 36.8 Å².